The smallest absolute Gasteiger partial charge is 0.331 e. The van der Waals surface area contributed by atoms with Crippen molar-refractivity contribution in [2.45, 2.75) is 26.9 Å². The minimum absolute atomic E-state index is 0.363. The molecule has 0 aliphatic heterocycles. The van der Waals surface area contributed by atoms with Crippen molar-refractivity contribution in [1.82, 2.24) is 0 Å². The van der Waals surface area contributed by atoms with Gasteiger partial charge in [0.05, 0.1) is 0 Å². The normalized spacial score (nSPS) is 12.0. The summed E-state index contributed by atoms with van der Waals surface area (Å²) in [4.78, 5) is 24.1. The van der Waals surface area contributed by atoms with Crippen LogP contribution in [0.1, 0.15) is 23.6 Å². The van der Waals surface area contributed by atoms with Crippen LogP contribution in [0.4, 0.5) is 5.69 Å². The average molecular weight is 402 g/mol. The van der Waals surface area contributed by atoms with Crippen molar-refractivity contribution in [3.63, 3.8) is 0 Å². The van der Waals surface area contributed by atoms with Crippen molar-refractivity contribution in [2.75, 3.05) is 5.32 Å². The summed E-state index contributed by atoms with van der Waals surface area (Å²) < 4.78 is 6.08. The number of carbonyl (C=O) groups excluding carboxylic acids is 2. The Labute approximate surface area is 156 Å². The maximum Gasteiger partial charge on any atom is 0.331 e. The van der Waals surface area contributed by atoms with Crippen LogP contribution < -0.4 is 5.32 Å². The fraction of sp³-hybridized carbons (Fsp3) is 0.200. The molecule has 0 saturated carbocycles. The number of halogens is 1. The van der Waals surface area contributed by atoms with Crippen LogP contribution in [0.2, 0.25) is 0 Å². The number of anilines is 1. The molecular formula is C20H20BrNO3. The van der Waals surface area contributed by atoms with E-state index in [1.165, 1.54) is 6.08 Å². The molecule has 0 spiro atoms. The van der Waals surface area contributed by atoms with E-state index in [2.05, 4.69) is 21.2 Å². The van der Waals surface area contributed by atoms with Gasteiger partial charge in [-0.15, -0.1) is 0 Å². The third-order valence-corrected chi connectivity index (χ3v) is 4.07. The number of esters is 1. The molecule has 130 valence electrons. The molecule has 2 rings (SSSR count). The summed E-state index contributed by atoms with van der Waals surface area (Å²) in [7, 11) is 0. The second-order valence-electron chi connectivity index (χ2n) is 5.78. The Bertz CT molecular complexity index is 814. The molecule has 25 heavy (non-hydrogen) atoms. The van der Waals surface area contributed by atoms with E-state index in [1.807, 2.05) is 56.3 Å². The predicted octanol–water partition coefficient (Wildman–Crippen LogP) is 4.65. The average Bonchev–Trinajstić information content (AvgIpc) is 2.56. The molecule has 2 aromatic rings. The van der Waals surface area contributed by atoms with Crippen molar-refractivity contribution >= 4 is 39.6 Å². The van der Waals surface area contributed by atoms with E-state index in [0.29, 0.717) is 0 Å². The lowest BCUT2D eigenvalue weighted by Crippen LogP contribution is -2.29. The first-order chi connectivity index (χ1) is 11.8. The van der Waals surface area contributed by atoms with Crippen molar-refractivity contribution in [2.24, 2.45) is 0 Å². The highest BCUT2D eigenvalue weighted by Gasteiger charge is 2.17. The molecule has 0 aliphatic rings. The second-order valence-corrected chi connectivity index (χ2v) is 6.69. The lowest BCUT2D eigenvalue weighted by molar-refractivity contribution is -0.148. The molecule has 0 unspecified atom stereocenters. The number of hydrogen-bond acceptors (Lipinski definition) is 3. The molecule has 0 fully saturated rings. The number of carbonyl (C=O) groups is 2. The third kappa shape index (κ3) is 5.87. The molecule has 0 aromatic heterocycles. The summed E-state index contributed by atoms with van der Waals surface area (Å²) in [5, 5.41) is 2.79. The number of ether oxygens (including phenoxy) is 1. The number of rotatable bonds is 5. The van der Waals surface area contributed by atoms with Crippen LogP contribution in [0.25, 0.3) is 6.08 Å². The number of aryl methyl sites for hydroxylation is 2. The van der Waals surface area contributed by atoms with Gasteiger partial charge in [0.2, 0.25) is 0 Å². The van der Waals surface area contributed by atoms with E-state index in [-0.39, 0.29) is 5.91 Å². The minimum Gasteiger partial charge on any atom is -0.449 e. The summed E-state index contributed by atoms with van der Waals surface area (Å²) in [5.74, 6) is -0.929. The summed E-state index contributed by atoms with van der Waals surface area (Å²) in [5.41, 5.74) is 3.57. The molecule has 1 amide bonds. The summed E-state index contributed by atoms with van der Waals surface area (Å²) in [6.45, 7) is 5.41. The van der Waals surface area contributed by atoms with E-state index >= 15 is 0 Å². The van der Waals surface area contributed by atoms with Crippen molar-refractivity contribution in [3.8, 4) is 0 Å². The van der Waals surface area contributed by atoms with E-state index in [4.69, 9.17) is 4.74 Å². The molecule has 4 nitrogen and oxygen atoms in total. The first kappa shape index (κ1) is 18.9. The zero-order valence-corrected chi connectivity index (χ0v) is 16.0. The van der Waals surface area contributed by atoms with Crippen molar-refractivity contribution in [3.05, 3.63) is 69.7 Å². The molecule has 0 bridgehead atoms. The number of benzene rings is 2. The Morgan fingerprint density at radius 1 is 1.16 bits per heavy atom. The van der Waals surface area contributed by atoms with Gasteiger partial charge in [0.25, 0.3) is 5.91 Å². The SMILES string of the molecule is Cc1ccc(C)c(NC(=O)[C@@H](C)OC(=O)/C=C/c2cccc(Br)c2)c1. The minimum atomic E-state index is -0.889. The van der Waals surface area contributed by atoms with Gasteiger partial charge < -0.3 is 10.1 Å². The van der Waals surface area contributed by atoms with Gasteiger partial charge >= 0.3 is 5.97 Å². The van der Waals surface area contributed by atoms with E-state index in [0.717, 1.165) is 26.9 Å². The van der Waals surface area contributed by atoms with Crippen LogP contribution in [-0.2, 0) is 14.3 Å². The Kier molecular flexibility index (Phi) is 6.53. The second kappa shape index (κ2) is 8.62. The predicted molar refractivity (Wildman–Crippen MR) is 103 cm³/mol. The van der Waals surface area contributed by atoms with Crippen LogP contribution in [0.15, 0.2) is 53.0 Å². The molecule has 0 radical (unpaired) electrons. The largest absolute Gasteiger partial charge is 0.449 e. The van der Waals surface area contributed by atoms with Gasteiger partial charge in [-0.1, -0.05) is 40.2 Å². The standard InChI is InChI=1S/C20H20BrNO3/c1-13-7-8-14(2)18(11-13)22-20(24)15(3)25-19(23)10-9-16-5-4-6-17(21)12-16/h4-12,15H,1-3H3,(H,22,24)/b10-9+/t15-/m1/s1. The van der Waals surface area contributed by atoms with Gasteiger partial charge in [-0.3, -0.25) is 4.79 Å². The van der Waals surface area contributed by atoms with E-state index < -0.39 is 12.1 Å². The fourth-order valence-corrected chi connectivity index (χ4v) is 2.56. The van der Waals surface area contributed by atoms with Gasteiger partial charge in [0.15, 0.2) is 6.10 Å². The third-order valence-electron chi connectivity index (χ3n) is 3.57. The molecule has 5 heteroatoms. The van der Waals surface area contributed by atoms with E-state index in [9.17, 15) is 9.59 Å². The quantitative estimate of drug-likeness (QED) is 0.585. The zero-order valence-electron chi connectivity index (χ0n) is 14.4. The molecule has 1 N–H and O–H groups in total. The Balaban J connectivity index is 1.94. The highest BCUT2D eigenvalue weighted by Crippen LogP contribution is 2.17. The lowest BCUT2D eigenvalue weighted by Gasteiger charge is -2.14. The molecule has 1 atom stereocenters. The first-order valence-corrected chi connectivity index (χ1v) is 8.67. The molecule has 0 aliphatic carbocycles. The summed E-state index contributed by atoms with van der Waals surface area (Å²) in [6, 6.07) is 13.3. The van der Waals surface area contributed by atoms with Gasteiger partial charge in [-0.05, 0) is 61.7 Å². The number of amides is 1. The lowest BCUT2D eigenvalue weighted by atomic mass is 10.1. The molecule has 2 aromatic carbocycles. The van der Waals surface area contributed by atoms with Gasteiger partial charge in [0.1, 0.15) is 0 Å². The van der Waals surface area contributed by atoms with Gasteiger partial charge in [-0.25, -0.2) is 4.79 Å². The Hall–Kier alpha value is -2.40. The summed E-state index contributed by atoms with van der Waals surface area (Å²) >= 11 is 3.37. The maximum atomic E-state index is 12.2. The Morgan fingerprint density at radius 2 is 1.92 bits per heavy atom. The molecule has 0 saturated heterocycles. The molecular weight excluding hydrogens is 382 g/mol. The van der Waals surface area contributed by atoms with Gasteiger partial charge in [0, 0.05) is 16.2 Å². The zero-order chi connectivity index (χ0) is 18.4. The topological polar surface area (TPSA) is 55.4 Å². The van der Waals surface area contributed by atoms with Crippen LogP contribution in [0, 0.1) is 13.8 Å². The van der Waals surface area contributed by atoms with Crippen LogP contribution in [-0.4, -0.2) is 18.0 Å². The van der Waals surface area contributed by atoms with Crippen LogP contribution in [0.5, 0.6) is 0 Å². The van der Waals surface area contributed by atoms with Crippen molar-refractivity contribution < 1.29 is 14.3 Å². The number of nitrogens with one attached hydrogen (secondary N) is 1. The van der Waals surface area contributed by atoms with Crippen LogP contribution >= 0.6 is 15.9 Å². The molecule has 0 heterocycles. The highest BCUT2D eigenvalue weighted by molar-refractivity contribution is 9.10. The Morgan fingerprint density at radius 3 is 2.64 bits per heavy atom. The summed E-state index contributed by atoms with van der Waals surface area (Å²) in [6.07, 6.45) is 2.06. The monoisotopic (exact) mass is 401 g/mol. The first-order valence-electron chi connectivity index (χ1n) is 7.87. The van der Waals surface area contributed by atoms with E-state index in [1.54, 1.807) is 13.0 Å². The maximum absolute atomic E-state index is 12.2. The number of hydrogen-bond donors (Lipinski definition) is 1. The fourth-order valence-electron chi connectivity index (χ4n) is 2.15. The highest BCUT2D eigenvalue weighted by atomic mass is 79.9. The van der Waals surface area contributed by atoms with Crippen molar-refractivity contribution in [1.29, 1.82) is 0 Å². The van der Waals surface area contributed by atoms with Gasteiger partial charge in [-0.2, -0.15) is 0 Å². The van der Waals surface area contributed by atoms with Crippen LogP contribution in [0.3, 0.4) is 0 Å².